The summed E-state index contributed by atoms with van der Waals surface area (Å²) in [4.78, 5) is 10.9. The van der Waals surface area contributed by atoms with Crippen molar-refractivity contribution in [3.8, 4) is 16.9 Å². The first-order valence-electron chi connectivity index (χ1n) is 12.5. The highest BCUT2D eigenvalue weighted by molar-refractivity contribution is 5.85. The van der Waals surface area contributed by atoms with Gasteiger partial charge in [-0.15, -0.1) is 0 Å². The molecular weight excluding hydrogens is 497 g/mol. The molecule has 2 atom stereocenters. The van der Waals surface area contributed by atoms with Crippen molar-refractivity contribution in [2.45, 2.75) is 44.1 Å². The van der Waals surface area contributed by atoms with Crippen LogP contribution in [0.2, 0.25) is 0 Å². The van der Waals surface area contributed by atoms with Gasteiger partial charge in [0.2, 0.25) is 0 Å². The predicted molar refractivity (Wildman–Crippen MR) is 135 cm³/mol. The highest BCUT2D eigenvalue weighted by atomic mass is 19.4. The Hall–Kier alpha value is -3.70. The third kappa shape index (κ3) is 4.79. The summed E-state index contributed by atoms with van der Waals surface area (Å²) in [6, 6.07) is 10.2. The van der Waals surface area contributed by atoms with Crippen molar-refractivity contribution in [1.29, 1.82) is 0 Å². The third-order valence-corrected chi connectivity index (χ3v) is 7.28. The number of piperidine rings is 1. The number of ether oxygens (including phenoxy) is 2. The molecule has 11 heteroatoms. The Bertz CT molecular complexity index is 1460. The molecule has 4 aromatic rings. The fourth-order valence-electron chi connectivity index (χ4n) is 5.28. The Morgan fingerprint density at radius 2 is 1.82 bits per heavy atom. The number of likely N-dealkylation sites (N-methyl/N-ethyl adjacent to an activating group) is 1. The van der Waals surface area contributed by atoms with Crippen LogP contribution in [-0.2, 0) is 10.9 Å². The fraction of sp³-hybridized carbons (Fsp3) is 0.370. The molecule has 2 bridgehead atoms. The van der Waals surface area contributed by atoms with Crippen LogP contribution in [0.1, 0.15) is 24.1 Å². The largest absolute Gasteiger partial charge is 0.488 e. The van der Waals surface area contributed by atoms with Crippen LogP contribution in [0.15, 0.2) is 55.0 Å². The van der Waals surface area contributed by atoms with Gasteiger partial charge in [0.25, 0.3) is 0 Å². The quantitative estimate of drug-likeness (QED) is 0.389. The summed E-state index contributed by atoms with van der Waals surface area (Å²) in [6.45, 7) is 3.34. The smallest absolute Gasteiger partial charge is 0.416 e. The van der Waals surface area contributed by atoms with Gasteiger partial charge in [-0.05, 0) is 38.2 Å². The Labute approximate surface area is 217 Å². The van der Waals surface area contributed by atoms with Gasteiger partial charge in [-0.1, -0.05) is 6.07 Å². The van der Waals surface area contributed by atoms with Crippen molar-refractivity contribution in [3.05, 3.63) is 66.2 Å². The predicted octanol–water partition coefficient (Wildman–Crippen LogP) is 5.10. The molecular formula is C27H27F3N6O2. The minimum absolute atomic E-state index is 0.0437. The van der Waals surface area contributed by atoms with E-state index in [9.17, 15) is 13.2 Å². The number of rotatable bonds is 5. The molecule has 8 nitrogen and oxygen atoms in total. The lowest BCUT2D eigenvalue weighted by molar-refractivity contribution is -0.137. The van der Waals surface area contributed by atoms with E-state index >= 15 is 0 Å². The normalized spacial score (nSPS) is 22.0. The Morgan fingerprint density at radius 1 is 1.03 bits per heavy atom. The van der Waals surface area contributed by atoms with Gasteiger partial charge in [-0.3, -0.25) is 9.88 Å². The Morgan fingerprint density at radius 3 is 2.58 bits per heavy atom. The van der Waals surface area contributed by atoms with Crippen molar-refractivity contribution in [1.82, 2.24) is 24.5 Å². The summed E-state index contributed by atoms with van der Waals surface area (Å²) in [5.74, 6) is 1.12. The average molecular weight is 525 g/mol. The second-order valence-corrected chi connectivity index (χ2v) is 9.88. The second kappa shape index (κ2) is 9.55. The number of hydrogen-bond donors (Lipinski definition) is 1. The maximum absolute atomic E-state index is 13.1. The number of morpholine rings is 1. The van der Waals surface area contributed by atoms with Crippen molar-refractivity contribution >= 4 is 17.2 Å². The lowest BCUT2D eigenvalue weighted by atomic mass is 9.92. The summed E-state index contributed by atoms with van der Waals surface area (Å²) in [7, 11) is 2.15. The van der Waals surface area contributed by atoms with Gasteiger partial charge < -0.3 is 14.8 Å². The standard InChI is InChI=1S/C27H27F3N6O2/c1-16-8-22(24(13-32-16)38-20-10-18-14-37-15-19(11-20)35(18)2)21-4-3-7-36-23(21)12-26(34-36)33-25-9-17(5-6-31-25)27(28,29)30/h3-9,12-13,18-20H,10-11,14-15H2,1-2H3,(H,31,33,34). The van der Waals surface area contributed by atoms with E-state index in [1.807, 2.05) is 25.1 Å². The van der Waals surface area contributed by atoms with E-state index in [1.165, 1.54) is 0 Å². The molecule has 2 unspecified atom stereocenters. The van der Waals surface area contributed by atoms with E-state index in [-0.39, 0.29) is 11.9 Å². The zero-order valence-corrected chi connectivity index (χ0v) is 20.9. The van der Waals surface area contributed by atoms with E-state index in [1.54, 1.807) is 23.0 Å². The Balaban J connectivity index is 1.31. The van der Waals surface area contributed by atoms with E-state index in [4.69, 9.17) is 9.47 Å². The SMILES string of the molecule is Cc1cc(-c2cccn3nc(Nc4cc(C(F)(F)F)ccn4)cc23)c(OC2CC3COCC(C2)N3C)cn1. The number of aromatic nitrogens is 4. The molecule has 2 fully saturated rings. The van der Waals surface area contributed by atoms with Crippen molar-refractivity contribution in [2.24, 2.45) is 0 Å². The fourth-order valence-corrected chi connectivity index (χ4v) is 5.28. The number of alkyl halides is 3. The zero-order chi connectivity index (χ0) is 26.4. The summed E-state index contributed by atoms with van der Waals surface area (Å²) >= 11 is 0. The number of fused-ring (bicyclic) bond motifs is 3. The van der Waals surface area contributed by atoms with Crippen LogP contribution in [0.3, 0.4) is 0 Å². The number of nitrogens with one attached hydrogen (secondary N) is 1. The van der Waals surface area contributed by atoms with Gasteiger partial charge in [-0.25, -0.2) is 9.50 Å². The number of pyridine rings is 3. The topological polar surface area (TPSA) is 76.8 Å². The number of halogens is 3. The highest BCUT2D eigenvalue weighted by Gasteiger charge is 2.38. The molecule has 0 aliphatic carbocycles. The summed E-state index contributed by atoms with van der Waals surface area (Å²) < 4.78 is 53.4. The molecule has 1 N–H and O–H groups in total. The molecule has 6 rings (SSSR count). The van der Waals surface area contributed by atoms with Crippen LogP contribution in [0.25, 0.3) is 16.6 Å². The maximum atomic E-state index is 13.1. The second-order valence-electron chi connectivity index (χ2n) is 9.88. The molecule has 6 heterocycles. The molecule has 2 aliphatic heterocycles. The van der Waals surface area contributed by atoms with Gasteiger partial charge in [0, 0.05) is 60.2 Å². The molecule has 198 valence electrons. The molecule has 0 aromatic carbocycles. The number of anilines is 2. The minimum Gasteiger partial charge on any atom is -0.488 e. The highest BCUT2D eigenvalue weighted by Crippen LogP contribution is 2.37. The van der Waals surface area contributed by atoms with Crippen LogP contribution in [0.5, 0.6) is 5.75 Å². The van der Waals surface area contributed by atoms with E-state index in [2.05, 4.69) is 32.3 Å². The number of hydrogen-bond acceptors (Lipinski definition) is 7. The van der Waals surface area contributed by atoms with E-state index < -0.39 is 11.7 Å². The van der Waals surface area contributed by atoms with Crippen molar-refractivity contribution < 1.29 is 22.6 Å². The Kier molecular flexibility index (Phi) is 6.19. The maximum Gasteiger partial charge on any atom is 0.416 e. The molecule has 4 aromatic heterocycles. The van der Waals surface area contributed by atoms with Crippen LogP contribution < -0.4 is 10.1 Å². The minimum atomic E-state index is -4.46. The van der Waals surface area contributed by atoms with Crippen molar-refractivity contribution in [3.63, 3.8) is 0 Å². The van der Waals surface area contributed by atoms with Crippen LogP contribution in [0, 0.1) is 6.92 Å². The summed E-state index contributed by atoms with van der Waals surface area (Å²) in [5, 5.41) is 7.41. The van der Waals surface area contributed by atoms with Gasteiger partial charge >= 0.3 is 6.18 Å². The number of nitrogens with zero attached hydrogens (tertiary/aromatic N) is 5. The first-order valence-corrected chi connectivity index (χ1v) is 12.5. The zero-order valence-electron chi connectivity index (χ0n) is 20.9. The third-order valence-electron chi connectivity index (χ3n) is 7.28. The molecule has 38 heavy (non-hydrogen) atoms. The van der Waals surface area contributed by atoms with E-state index in [0.29, 0.717) is 36.9 Å². The van der Waals surface area contributed by atoms with Crippen LogP contribution >= 0.6 is 0 Å². The van der Waals surface area contributed by atoms with Crippen LogP contribution in [-0.4, -0.2) is 62.9 Å². The lowest BCUT2D eigenvalue weighted by Gasteiger charge is -2.46. The van der Waals surface area contributed by atoms with Gasteiger partial charge in [0.15, 0.2) is 5.82 Å². The molecule has 2 saturated heterocycles. The lowest BCUT2D eigenvalue weighted by Crippen LogP contribution is -2.57. The van der Waals surface area contributed by atoms with Gasteiger partial charge in [0.05, 0.1) is 30.5 Å². The number of aryl methyl sites for hydroxylation is 1. The average Bonchev–Trinajstić information content (AvgIpc) is 3.28. The molecule has 0 saturated carbocycles. The summed E-state index contributed by atoms with van der Waals surface area (Å²) in [5.41, 5.74) is 2.59. The van der Waals surface area contributed by atoms with Gasteiger partial charge in [-0.2, -0.15) is 18.3 Å². The molecule has 2 aliphatic rings. The van der Waals surface area contributed by atoms with E-state index in [0.717, 1.165) is 53.5 Å². The molecule has 0 spiro atoms. The molecule has 0 radical (unpaired) electrons. The molecule has 0 amide bonds. The first kappa shape index (κ1) is 24.6. The monoisotopic (exact) mass is 524 g/mol. The summed E-state index contributed by atoms with van der Waals surface area (Å²) in [6.07, 6.45) is 2.00. The van der Waals surface area contributed by atoms with Gasteiger partial charge in [0.1, 0.15) is 17.7 Å². The first-order chi connectivity index (χ1) is 18.2. The van der Waals surface area contributed by atoms with Crippen LogP contribution in [0.4, 0.5) is 24.8 Å². The van der Waals surface area contributed by atoms with Crippen molar-refractivity contribution in [2.75, 3.05) is 25.6 Å².